The van der Waals surface area contributed by atoms with Crippen molar-refractivity contribution >= 4 is 66.7 Å². The summed E-state index contributed by atoms with van der Waals surface area (Å²) in [6, 6.07) is 27.7. The van der Waals surface area contributed by atoms with Crippen LogP contribution in [0.5, 0.6) is 0 Å². The maximum atomic E-state index is 14.5. The minimum absolute atomic E-state index is 0.0263. The van der Waals surface area contributed by atoms with E-state index in [1.165, 1.54) is 17.0 Å². The Bertz CT molecular complexity index is 1710. The predicted octanol–water partition coefficient (Wildman–Crippen LogP) is 7.12. The number of sulfonamides is 1. The summed E-state index contributed by atoms with van der Waals surface area (Å²) in [5.41, 5.74) is 1.67. The zero-order valence-electron chi connectivity index (χ0n) is 24.2. The average molecular weight is 718 g/mol. The SMILES string of the molecule is CC(C)NC(=O)C(Cc1ccccc1)N(Cc1ccc(Cl)cc1Cl)C(=O)CN(c1cccc(Br)c1)S(=O)(=O)c1ccccc1. The highest BCUT2D eigenvalue weighted by Crippen LogP contribution is 2.28. The fourth-order valence-electron chi connectivity index (χ4n) is 4.65. The summed E-state index contributed by atoms with van der Waals surface area (Å²) in [5.74, 6) is -0.961. The third-order valence-electron chi connectivity index (χ3n) is 6.76. The maximum absolute atomic E-state index is 14.5. The number of carbonyl (C=O) groups excluding carboxylic acids is 2. The lowest BCUT2D eigenvalue weighted by Crippen LogP contribution is -2.54. The molecule has 7 nitrogen and oxygen atoms in total. The number of benzene rings is 4. The van der Waals surface area contributed by atoms with E-state index in [-0.39, 0.29) is 35.5 Å². The van der Waals surface area contributed by atoms with Gasteiger partial charge in [-0.25, -0.2) is 8.42 Å². The van der Waals surface area contributed by atoms with E-state index in [1.807, 2.05) is 44.2 Å². The highest BCUT2D eigenvalue weighted by molar-refractivity contribution is 9.10. The highest BCUT2D eigenvalue weighted by atomic mass is 79.9. The molecule has 0 aromatic heterocycles. The molecule has 44 heavy (non-hydrogen) atoms. The van der Waals surface area contributed by atoms with Gasteiger partial charge in [0, 0.05) is 33.5 Å². The molecule has 11 heteroatoms. The van der Waals surface area contributed by atoms with Crippen LogP contribution in [0.1, 0.15) is 25.0 Å². The first kappa shape index (κ1) is 33.5. The summed E-state index contributed by atoms with van der Waals surface area (Å²) in [4.78, 5) is 29.6. The molecule has 4 aromatic carbocycles. The number of halogens is 3. The number of nitrogens with zero attached hydrogens (tertiary/aromatic N) is 2. The van der Waals surface area contributed by atoms with Crippen molar-refractivity contribution in [3.05, 3.63) is 129 Å². The van der Waals surface area contributed by atoms with Crippen molar-refractivity contribution in [1.29, 1.82) is 0 Å². The molecule has 0 radical (unpaired) electrons. The van der Waals surface area contributed by atoms with Crippen molar-refractivity contribution in [2.75, 3.05) is 10.8 Å². The minimum atomic E-state index is -4.19. The summed E-state index contributed by atoms with van der Waals surface area (Å²) in [5, 5.41) is 3.67. The maximum Gasteiger partial charge on any atom is 0.264 e. The molecule has 1 atom stereocenters. The zero-order chi connectivity index (χ0) is 31.9. The van der Waals surface area contributed by atoms with E-state index in [9.17, 15) is 18.0 Å². The molecule has 0 fully saturated rings. The van der Waals surface area contributed by atoms with Gasteiger partial charge in [0.2, 0.25) is 11.8 Å². The predicted molar refractivity (Wildman–Crippen MR) is 179 cm³/mol. The summed E-state index contributed by atoms with van der Waals surface area (Å²) < 4.78 is 29.7. The Labute approximate surface area is 277 Å². The molecule has 0 bridgehead atoms. The van der Waals surface area contributed by atoms with Crippen LogP contribution in [0.3, 0.4) is 0 Å². The van der Waals surface area contributed by atoms with E-state index in [0.29, 0.717) is 20.1 Å². The number of hydrogen-bond donors (Lipinski definition) is 1. The van der Waals surface area contributed by atoms with E-state index >= 15 is 0 Å². The lowest BCUT2D eigenvalue weighted by molar-refractivity contribution is -0.140. The first-order valence-electron chi connectivity index (χ1n) is 13.9. The van der Waals surface area contributed by atoms with Crippen LogP contribution in [0, 0.1) is 0 Å². The summed E-state index contributed by atoms with van der Waals surface area (Å²) >= 11 is 16.1. The van der Waals surface area contributed by atoms with Crippen LogP contribution >= 0.6 is 39.1 Å². The Morgan fingerprint density at radius 1 is 0.864 bits per heavy atom. The van der Waals surface area contributed by atoms with Gasteiger partial charge in [-0.15, -0.1) is 0 Å². The Kier molecular flexibility index (Phi) is 11.5. The number of amides is 2. The Morgan fingerprint density at radius 2 is 1.52 bits per heavy atom. The van der Waals surface area contributed by atoms with Crippen molar-refractivity contribution in [2.24, 2.45) is 0 Å². The number of anilines is 1. The van der Waals surface area contributed by atoms with Gasteiger partial charge in [-0.1, -0.05) is 99.8 Å². The molecule has 1 unspecified atom stereocenters. The van der Waals surface area contributed by atoms with Crippen LogP contribution in [0.4, 0.5) is 5.69 Å². The van der Waals surface area contributed by atoms with Gasteiger partial charge in [0.15, 0.2) is 0 Å². The van der Waals surface area contributed by atoms with Crippen molar-refractivity contribution < 1.29 is 18.0 Å². The molecule has 230 valence electrons. The molecule has 0 aliphatic heterocycles. The van der Waals surface area contributed by atoms with Crippen molar-refractivity contribution in [3.63, 3.8) is 0 Å². The van der Waals surface area contributed by atoms with E-state index in [1.54, 1.807) is 60.7 Å². The fraction of sp³-hybridized carbons (Fsp3) is 0.212. The molecule has 0 aliphatic rings. The molecule has 0 saturated heterocycles. The minimum Gasteiger partial charge on any atom is -0.352 e. The largest absolute Gasteiger partial charge is 0.352 e. The van der Waals surface area contributed by atoms with Gasteiger partial charge < -0.3 is 10.2 Å². The molecule has 2 amide bonds. The van der Waals surface area contributed by atoms with E-state index in [4.69, 9.17) is 23.2 Å². The van der Waals surface area contributed by atoms with Crippen LogP contribution in [-0.4, -0.2) is 43.8 Å². The Balaban J connectivity index is 1.82. The molecular weight excluding hydrogens is 685 g/mol. The van der Waals surface area contributed by atoms with Gasteiger partial charge in [-0.2, -0.15) is 0 Å². The van der Waals surface area contributed by atoms with Crippen LogP contribution in [0.15, 0.2) is 112 Å². The second-order valence-corrected chi connectivity index (χ2v) is 14.1. The molecule has 4 aromatic rings. The zero-order valence-corrected chi connectivity index (χ0v) is 28.1. The van der Waals surface area contributed by atoms with Crippen LogP contribution < -0.4 is 9.62 Å². The Hall–Kier alpha value is -3.37. The van der Waals surface area contributed by atoms with Gasteiger partial charge in [0.05, 0.1) is 10.6 Å². The third-order valence-corrected chi connectivity index (χ3v) is 9.63. The normalized spacial score (nSPS) is 12.0. The third kappa shape index (κ3) is 8.63. The smallest absolute Gasteiger partial charge is 0.264 e. The van der Waals surface area contributed by atoms with Crippen LogP contribution in [0.25, 0.3) is 0 Å². The summed E-state index contributed by atoms with van der Waals surface area (Å²) in [6.45, 7) is 3.04. The number of carbonyl (C=O) groups is 2. The van der Waals surface area contributed by atoms with Gasteiger partial charge in [-0.05, 0) is 67.4 Å². The summed E-state index contributed by atoms with van der Waals surface area (Å²) in [7, 11) is -4.19. The molecule has 1 N–H and O–H groups in total. The van der Waals surface area contributed by atoms with Crippen LogP contribution in [-0.2, 0) is 32.6 Å². The molecule has 0 aliphatic carbocycles. The standard InChI is InChI=1S/C33H32BrCl2N3O4S/c1-23(2)37-33(41)31(18-24-10-5-3-6-11-24)38(21-25-16-17-27(35)20-30(25)36)32(40)22-39(28-13-9-12-26(34)19-28)44(42,43)29-14-7-4-8-15-29/h3-17,19-20,23,31H,18,21-22H2,1-2H3,(H,37,41). The number of hydrogen-bond acceptors (Lipinski definition) is 4. The van der Waals surface area contributed by atoms with Gasteiger partial charge in [0.1, 0.15) is 12.6 Å². The molecule has 0 heterocycles. The monoisotopic (exact) mass is 715 g/mol. The van der Waals surface area contributed by atoms with Gasteiger partial charge in [0.25, 0.3) is 10.0 Å². The first-order chi connectivity index (χ1) is 21.0. The van der Waals surface area contributed by atoms with E-state index < -0.39 is 28.5 Å². The van der Waals surface area contributed by atoms with Crippen molar-refractivity contribution in [1.82, 2.24) is 10.2 Å². The first-order valence-corrected chi connectivity index (χ1v) is 16.9. The lowest BCUT2D eigenvalue weighted by atomic mass is 10.0. The molecule has 0 saturated carbocycles. The number of nitrogens with one attached hydrogen (secondary N) is 1. The average Bonchev–Trinajstić information content (AvgIpc) is 2.99. The van der Waals surface area contributed by atoms with E-state index in [0.717, 1.165) is 9.87 Å². The fourth-order valence-corrected chi connectivity index (χ4v) is 6.93. The molecule has 0 spiro atoms. The van der Waals surface area contributed by atoms with Gasteiger partial charge in [-0.3, -0.25) is 13.9 Å². The quantitative estimate of drug-likeness (QED) is 0.169. The molecular formula is C33H32BrCl2N3O4S. The lowest BCUT2D eigenvalue weighted by Gasteiger charge is -2.34. The van der Waals surface area contributed by atoms with Crippen molar-refractivity contribution in [3.8, 4) is 0 Å². The van der Waals surface area contributed by atoms with Crippen molar-refractivity contribution in [2.45, 2.75) is 43.8 Å². The summed E-state index contributed by atoms with van der Waals surface area (Å²) in [6.07, 6.45) is 0.193. The van der Waals surface area contributed by atoms with Crippen LogP contribution in [0.2, 0.25) is 10.0 Å². The number of rotatable bonds is 12. The topological polar surface area (TPSA) is 86.8 Å². The van der Waals surface area contributed by atoms with E-state index in [2.05, 4.69) is 21.2 Å². The Morgan fingerprint density at radius 3 is 2.14 bits per heavy atom. The second-order valence-electron chi connectivity index (χ2n) is 10.4. The molecule has 4 rings (SSSR count). The second kappa shape index (κ2) is 15.1. The van der Waals surface area contributed by atoms with Gasteiger partial charge >= 0.3 is 0 Å². The highest BCUT2D eigenvalue weighted by Gasteiger charge is 2.35.